The van der Waals surface area contributed by atoms with Gasteiger partial charge in [-0.1, -0.05) is 41.7 Å². The van der Waals surface area contributed by atoms with Crippen molar-refractivity contribution in [3.05, 3.63) is 66.1 Å². The molecule has 1 saturated heterocycles. The molecule has 1 aliphatic rings. The molecule has 2 heterocycles. The molecule has 0 unspecified atom stereocenters. The second kappa shape index (κ2) is 8.83. The van der Waals surface area contributed by atoms with E-state index >= 15 is 0 Å². The van der Waals surface area contributed by atoms with Gasteiger partial charge in [0.2, 0.25) is 10.0 Å². The van der Waals surface area contributed by atoms with Crippen molar-refractivity contribution in [1.29, 1.82) is 0 Å². The molecular weight excluding hydrogens is 421 g/mol. The number of hydrogen-bond donors (Lipinski definition) is 1. The summed E-state index contributed by atoms with van der Waals surface area (Å²) >= 11 is 1.63. The van der Waals surface area contributed by atoms with Crippen LogP contribution < -0.4 is 5.32 Å². The van der Waals surface area contributed by atoms with Crippen molar-refractivity contribution in [2.75, 3.05) is 25.0 Å². The molecule has 0 saturated carbocycles. The van der Waals surface area contributed by atoms with Gasteiger partial charge in [-0.05, 0) is 55.0 Å². The summed E-state index contributed by atoms with van der Waals surface area (Å²) in [7, 11) is -3.64. The van der Waals surface area contributed by atoms with E-state index in [1.54, 1.807) is 11.3 Å². The summed E-state index contributed by atoms with van der Waals surface area (Å²) in [4.78, 5) is 5.64. The lowest BCUT2D eigenvalue weighted by molar-refractivity contribution is 0.282. The Balaban J connectivity index is 1.32. The van der Waals surface area contributed by atoms with Crippen LogP contribution >= 0.6 is 11.3 Å². The molecule has 5 nitrogen and oxygen atoms in total. The highest BCUT2D eigenvalue weighted by atomic mass is 32.2. The molecule has 0 radical (unpaired) electrons. The number of aromatic nitrogens is 1. The molecule has 0 aliphatic carbocycles. The fraction of sp³-hybridized carbons (Fsp3) is 0.318. The minimum absolute atomic E-state index is 0.0191. The number of anilines is 1. The van der Waals surface area contributed by atoms with Gasteiger partial charge in [0.1, 0.15) is 5.82 Å². The molecule has 4 rings (SSSR count). The molecular formula is C22H24FN3O2S2. The van der Waals surface area contributed by atoms with Crippen LogP contribution in [0.5, 0.6) is 0 Å². The van der Waals surface area contributed by atoms with Gasteiger partial charge in [-0.3, -0.25) is 0 Å². The molecule has 1 N–H and O–H groups in total. The van der Waals surface area contributed by atoms with E-state index in [-0.39, 0.29) is 4.90 Å². The number of benzene rings is 2. The molecule has 3 aromatic rings. The summed E-state index contributed by atoms with van der Waals surface area (Å²) in [5.74, 6) is -0.168. The fourth-order valence-corrected chi connectivity index (χ4v) is 6.11. The van der Waals surface area contributed by atoms with Crippen LogP contribution in [0.15, 0.2) is 59.6 Å². The highest BCUT2D eigenvalue weighted by Crippen LogP contribution is 2.31. The minimum atomic E-state index is -3.64. The molecule has 0 atom stereocenters. The van der Waals surface area contributed by atoms with E-state index < -0.39 is 15.8 Å². The zero-order valence-corrected chi connectivity index (χ0v) is 18.3. The van der Waals surface area contributed by atoms with Gasteiger partial charge in [0.05, 0.1) is 9.77 Å². The summed E-state index contributed by atoms with van der Waals surface area (Å²) in [5.41, 5.74) is 2.42. The fourth-order valence-electron chi connectivity index (χ4n) is 3.69. The Hall–Kier alpha value is -2.29. The summed E-state index contributed by atoms with van der Waals surface area (Å²) in [5, 5.41) is 4.28. The van der Waals surface area contributed by atoms with E-state index in [1.807, 2.05) is 18.3 Å². The Labute approximate surface area is 180 Å². The van der Waals surface area contributed by atoms with Crippen molar-refractivity contribution in [3.63, 3.8) is 0 Å². The second-order valence-corrected chi connectivity index (χ2v) is 10.5. The van der Waals surface area contributed by atoms with Crippen LogP contribution in [0.1, 0.15) is 18.4 Å². The molecule has 2 aromatic carbocycles. The second-order valence-electron chi connectivity index (χ2n) is 7.53. The third kappa shape index (κ3) is 4.55. The number of rotatable bonds is 6. The summed E-state index contributed by atoms with van der Waals surface area (Å²) < 4.78 is 40.3. The largest absolute Gasteiger partial charge is 0.361 e. The average Bonchev–Trinajstić information content (AvgIpc) is 3.22. The van der Waals surface area contributed by atoms with E-state index in [1.165, 1.54) is 33.6 Å². The standard InChI is InChI=1S/C22H24FN3O2S2/c1-16-5-2-3-8-20(16)21-15-25-22(29-21)24-14-17-9-11-26(12-10-17)30(27,28)19-7-4-6-18(23)13-19/h2-8,13,15,17H,9-12,14H2,1H3,(H,24,25). The predicted molar refractivity (Wildman–Crippen MR) is 119 cm³/mol. The smallest absolute Gasteiger partial charge is 0.243 e. The van der Waals surface area contributed by atoms with Gasteiger partial charge < -0.3 is 5.32 Å². The quantitative estimate of drug-likeness (QED) is 0.594. The summed E-state index contributed by atoms with van der Waals surface area (Å²) in [6, 6.07) is 13.5. The normalized spacial score (nSPS) is 15.9. The average molecular weight is 446 g/mol. The van der Waals surface area contributed by atoms with Crippen LogP contribution in [0, 0.1) is 18.7 Å². The molecule has 1 fully saturated rings. The first kappa shape index (κ1) is 21.0. The number of thiazole rings is 1. The van der Waals surface area contributed by atoms with E-state index in [9.17, 15) is 12.8 Å². The van der Waals surface area contributed by atoms with Crippen LogP contribution in [0.25, 0.3) is 10.4 Å². The molecule has 30 heavy (non-hydrogen) atoms. The Bertz CT molecular complexity index is 1120. The third-order valence-corrected chi connectivity index (χ3v) is 8.35. The number of sulfonamides is 1. The lowest BCUT2D eigenvalue weighted by Gasteiger charge is -2.31. The highest BCUT2D eigenvalue weighted by Gasteiger charge is 2.29. The Kier molecular flexibility index (Phi) is 6.17. The van der Waals surface area contributed by atoms with Gasteiger partial charge in [0.25, 0.3) is 0 Å². The SMILES string of the molecule is Cc1ccccc1-c1cnc(NCC2CCN(S(=O)(=O)c3cccc(F)c3)CC2)s1. The maximum absolute atomic E-state index is 13.4. The molecule has 0 bridgehead atoms. The van der Waals surface area contributed by atoms with Crippen molar-refractivity contribution in [3.8, 4) is 10.4 Å². The molecule has 0 amide bonds. The van der Waals surface area contributed by atoms with Gasteiger partial charge in [-0.15, -0.1) is 0 Å². The number of piperidine rings is 1. The molecule has 0 spiro atoms. The number of aryl methyl sites for hydroxylation is 1. The monoisotopic (exact) mass is 445 g/mol. The van der Waals surface area contributed by atoms with Crippen molar-refractivity contribution < 1.29 is 12.8 Å². The first-order valence-electron chi connectivity index (χ1n) is 9.95. The van der Waals surface area contributed by atoms with Crippen LogP contribution in [-0.4, -0.2) is 37.3 Å². The third-order valence-electron chi connectivity index (χ3n) is 5.47. The van der Waals surface area contributed by atoms with Gasteiger partial charge in [0, 0.05) is 25.8 Å². The number of hydrogen-bond acceptors (Lipinski definition) is 5. The van der Waals surface area contributed by atoms with Gasteiger partial charge in [-0.2, -0.15) is 4.31 Å². The molecule has 1 aromatic heterocycles. The first-order valence-corrected chi connectivity index (χ1v) is 12.2. The number of halogens is 1. The lowest BCUT2D eigenvalue weighted by atomic mass is 9.98. The zero-order chi connectivity index (χ0) is 21.1. The van der Waals surface area contributed by atoms with Gasteiger partial charge in [-0.25, -0.2) is 17.8 Å². The first-order chi connectivity index (χ1) is 14.4. The van der Waals surface area contributed by atoms with Crippen LogP contribution in [0.3, 0.4) is 0 Å². The van der Waals surface area contributed by atoms with E-state index in [0.29, 0.717) is 19.0 Å². The molecule has 1 aliphatic heterocycles. The van der Waals surface area contributed by atoms with Crippen molar-refractivity contribution >= 4 is 26.5 Å². The summed E-state index contributed by atoms with van der Waals surface area (Å²) in [6.45, 7) is 3.73. The van der Waals surface area contributed by atoms with Crippen molar-refractivity contribution in [2.24, 2.45) is 5.92 Å². The number of nitrogens with zero attached hydrogens (tertiary/aromatic N) is 2. The Morgan fingerprint density at radius 2 is 1.93 bits per heavy atom. The van der Waals surface area contributed by atoms with E-state index in [2.05, 4.69) is 29.4 Å². The Morgan fingerprint density at radius 1 is 1.17 bits per heavy atom. The minimum Gasteiger partial charge on any atom is -0.361 e. The van der Waals surface area contributed by atoms with E-state index in [0.717, 1.165) is 35.5 Å². The van der Waals surface area contributed by atoms with Crippen LogP contribution in [0.4, 0.5) is 9.52 Å². The maximum Gasteiger partial charge on any atom is 0.243 e. The van der Waals surface area contributed by atoms with Gasteiger partial charge in [0.15, 0.2) is 5.13 Å². The Morgan fingerprint density at radius 3 is 2.67 bits per heavy atom. The lowest BCUT2D eigenvalue weighted by Crippen LogP contribution is -2.39. The van der Waals surface area contributed by atoms with Crippen molar-refractivity contribution in [1.82, 2.24) is 9.29 Å². The molecule has 158 valence electrons. The topological polar surface area (TPSA) is 62.3 Å². The van der Waals surface area contributed by atoms with Crippen molar-refractivity contribution in [2.45, 2.75) is 24.7 Å². The maximum atomic E-state index is 13.4. The molecule has 8 heteroatoms. The predicted octanol–water partition coefficient (Wildman–Crippen LogP) is 4.77. The number of nitrogens with one attached hydrogen (secondary N) is 1. The summed E-state index contributed by atoms with van der Waals surface area (Å²) in [6.07, 6.45) is 3.42. The van der Waals surface area contributed by atoms with Crippen LogP contribution in [-0.2, 0) is 10.0 Å². The van der Waals surface area contributed by atoms with Crippen LogP contribution in [0.2, 0.25) is 0 Å². The highest BCUT2D eigenvalue weighted by molar-refractivity contribution is 7.89. The van der Waals surface area contributed by atoms with E-state index in [4.69, 9.17) is 0 Å². The zero-order valence-electron chi connectivity index (χ0n) is 16.7. The van der Waals surface area contributed by atoms with Gasteiger partial charge >= 0.3 is 0 Å².